The molecule has 0 amide bonds. The quantitative estimate of drug-likeness (QED) is 0.150. The second-order valence-electron chi connectivity index (χ2n) is 25.9. The maximum absolute atomic E-state index is 2.50. The van der Waals surface area contributed by atoms with Gasteiger partial charge in [-0.25, -0.2) is 0 Å². The van der Waals surface area contributed by atoms with E-state index in [0.29, 0.717) is 0 Å². The van der Waals surface area contributed by atoms with Crippen molar-refractivity contribution in [1.29, 1.82) is 0 Å². The van der Waals surface area contributed by atoms with Crippen molar-refractivity contribution in [2.45, 2.75) is 90.9 Å². The Kier molecular flexibility index (Phi) is 10.8. The molecule has 0 radical (unpaired) electrons. The van der Waals surface area contributed by atoms with Crippen LogP contribution in [0.4, 0.5) is 34.1 Å². The highest BCUT2D eigenvalue weighted by Crippen LogP contribution is 2.56. The molecule has 0 fully saturated rings. The van der Waals surface area contributed by atoms with Crippen molar-refractivity contribution in [3.63, 3.8) is 0 Å². The predicted octanol–water partition coefficient (Wildman–Crippen LogP) is 21.8. The summed E-state index contributed by atoms with van der Waals surface area (Å²) in [6, 6.07) is 87.8. The lowest BCUT2D eigenvalue weighted by molar-refractivity contribution is 0.659. The van der Waals surface area contributed by atoms with Crippen LogP contribution in [0.3, 0.4) is 0 Å². The number of aryl methyl sites for hydroxylation is 2. The summed E-state index contributed by atoms with van der Waals surface area (Å²) in [6.45, 7) is 23.6. The third-order valence-corrected chi connectivity index (χ3v) is 19.7. The number of fused-ring (bicyclic) bond motifs is 12. The second-order valence-corrected chi connectivity index (χ2v) is 25.9. The number of benzene rings is 11. The molecule has 82 heavy (non-hydrogen) atoms. The second kappa shape index (κ2) is 17.8. The number of anilines is 6. The van der Waals surface area contributed by atoms with Crippen LogP contribution in [-0.2, 0) is 21.7 Å². The predicted molar refractivity (Wildman–Crippen MR) is 346 cm³/mol. The van der Waals surface area contributed by atoms with Gasteiger partial charge in [-0.2, -0.15) is 0 Å². The van der Waals surface area contributed by atoms with E-state index in [1.54, 1.807) is 0 Å². The van der Waals surface area contributed by atoms with Crippen molar-refractivity contribution in [3.05, 3.63) is 286 Å². The van der Waals surface area contributed by atoms with Gasteiger partial charge in [-0.05, 0) is 209 Å². The molecule has 0 spiro atoms. The first-order valence-electron chi connectivity index (χ1n) is 29.4. The topological polar surface area (TPSA) is 6.48 Å². The Bertz CT molecular complexity index is 4000. The molecule has 11 aromatic rings. The van der Waals surface area contributed by atoms with Crippen LogP contribution in [-0.4, -0.2) is 0 Å². The van der Waals surface area contributed by atoms with Gasteiger partial charge in [0.25, 0.3) is 0 Å². The van der Waals surface area contributed by atoms with Crippen LogP contribution in [0.1, 0.15) is 111 Å². The van der Waals surface area contributed by atoms with Gasteiger partial charge in [-0.1, -0.05) is 213 Å². The molecular formula is C80H68N2. The largest absolute Gasteiger partial charge is 0.310 e. The first-order valence-corrected chi connectivity index (χ1v) is 29.4. The minimum atomic E-state index is -0.136. The van der Waals surface area contributed by atoms with Crippen molar-refractivity contribution in [3.8, 4) is 66.8 Å². The van der Waals surface area contributed by atoms with Gasteiger partial charge in [0.2, 0.25) is 0 Å². The number of rotatable bonds is 8. The van der Waals surface area contributed by atoms with Gasteiger partial charge in [0, 0.05) is 55.8 Å². The average Bonchev–Trinajstić information content (AvgIpc) is 2.82. The van der Waals surface area contributed by atoms with Gasteiger partial charge in [-0.3, -0.25) is 0 Å². The van der Waals surface area contributed by atoms with E-state index in [2.05, 4.69) is 310 Å². The van der Waals surface area contributed by atoms with Crippen LogP contribution in [0.25, 0.3) is 66.8 Å². The Morgan fingerprint density at radius 2 is 0.451 bits per heavy atom. The summed E-state index contributed by atoms with van der Waals surface area (Å²) in [4.78, 5) is 5.00. The van der Waals surface area contributed by atoms with Crippen molar-refractivity contribution >= 4 is 34.1 Å². The zero-order valence-corrected chi connectivity index (χ0v) is 48.8. The van der Waals surface area contributed by atoms with E-state index in [1.165, 1.54) is 122 Å². The lowest BCUT2D eigenvalue weighted by Crippen LogP contribution is -2.18. The van der Waals surface area contributed by atoms with E-state index in [1.807, 2.05) is 0 Å². The molecule has 0 atom stereocenters. The van der Waals surface area contributed by atoms with E-state index in [9.17, 15) is 0 Å². The van der Waals surface area contributed by atoms with Gasteiger partial charge in [0.15, 0.2) is 0 Å². The Morgan fingerprint density at radius 3 is 0.732 bits per heavy atom. The van der Waals surface area contributed by atoms with Gasteiger partial charge < -0.3 is 9.80 Å². The fourth-order valence-corrected chi connectivity index (χ4v) is 15.3. The summed E-state index contributed by atoms with van der Waals surface area (Å²) in [5.74, 6) is 0. The van der Waals surface area contributed by atoms with Crippen molar-refractivity contribution in [1.82, 2.24) is 0 Å². The van der Waals surface area contributed by atoms with Crippen molar-refractivity contribution in [2.75, 3.05) is 9.80 Å². The molecule has 2 heteroatoms. The third-order valence-electron chi connectivity index (χ3n) is 19.7. The van der Waals surface area contributed by atoms with Crippen LogP contribution in [0.2, 0.25) is 0 Å². The molecular weight excluding hydrogens is 989 g/mol. The van der Waals surface area contributed by atoms with E-state index in [-0.39, 0.29) is 21.7 Å². The fourth-order valence-electron chi connectivity index (χ4n) is 15.3. The van der Waals surface area contributed by atoms with E-state index in [4.69, 9.17) is 0 Å². The van der Waals surface area contributed by atoms with Gasteiger partial charge >= 0.3 is 0 Å². The third kappa shape index (κ3) is 7.26. The van der Waals surface area contributed by atoms with Crippen LogP contribution < -0.4 is 9.80 Å². The number of nitrogens with zero attached hydrogens (tertiary/aromatic N) is 2. The fraction of sp³-hybridized carbons (Fsp3) is 0.175. The highest BCUT2D eigenvalue weighted by molar-refractivity contribution is 5.92. The molecule has 0 aliphatic heterocycles. The van der Waals surface area contributed by atoms with Crippen molar-refractivity contribution < 1.29 is 0 Å². The smallest absolute Gasteiger partial charge is 0.0467 e. The summed E-state index contributed by atoms with van der Waals surface area (Å²) in [5.41, 5.74) is 35.3. The molecule has 0 aromatic heterocycles. The van der Waals surface area contributed by atoms with Gasteiger partial charge in [0.05, 0.1) is 0 Å². The minimum Gasteiger partial charge on any atom is -0.310 e. The summed E-state index contributed by atoms with van der Waals surface area (Å²) < 4.78 is 0. The van der Waals surface area contributed by atoms with E-state index in [0.717, 1.165) is 34.1 Å². The molecule has 0 saturated carbocycles. The summed E-state index contributed by atoms with van der Waals surface area (Å²) in [5, 5.41) is 0. The Balaban J connectivity index is 0.828. The summed E-state index contributed by atoms with van der Waals surface area (Å²) in [6.07, 6.45) is 0. The molecule has 0 heterocycles. The zero-order valence-electron chi connectivity index (χ0n) is 48.8. The molecule has 0 N–H and O–H groups in total. The summed E-state index contributed by atoms with van der Waals surface area (Å²) in [7, 11) is 0. The average molecular weight is 1060 g/mol. The molecule has 4 aliphatic carbocycles. The zero-order chi connectivity index (χ0) is 56.2. The minimum absolute atomic E-state index is 0.136. The lowest BCUT2D eigenvalue weighted by atomic mass is 9.82. The Morgan fingerprint density at radius 1 is 0.207 bits per heavy atom. The lowest BCUT2D eigenvalue weighted by Gasteiger charge is -2.30. The van der Waals surface area contributed by atoms with Crippen LogP contribution in [0, 0.1) is 13.8 Å². The van der Waals surface area contributed by atoms with E-state index >= 15 is 0 Å². The van der Waals surface area contributed by atoms with Gasteiger partial charge in [0.1, 0.15) is 0 Å². The molecule has 0 bridgehead atoms. The van der Waals surface area contributed by atoms with Crippen LogP contribution in [0.5, 0.6) is 0 Å². The standard InChI is InChI=1S/C80H68N2/c1-49-41-68(52-22-20-24-54(44-52)82(57-35-39-65-61-27-13-17-31-71(61)79(7,8)75(65)47-57)58-36-40-66-62-28-14-18-32-72(62)80(9,10)76(66)48-58)50(2)42-67(49)51-21-19-23-53(43-51)81(55-33-37-63-59-25-11-15-29-69(59)77(3,4)73(63)45-55)56-34-38-64-60-26-12-16-30-70(60)78(5,6)74(64)46-56/h11-48H,1-10H3. The van der Waals surface area contributed by atoms with Gasteiger partial charge in [-0.15, -0.1) is 0 Å². The molecule has 2 nitrogen and oxygen atoms in total. The van der Waals surface area contributed by atoms with Crippen molar-refractivity contribution in [2.24, 2.45) is 0 Å². The number of hydrogen-bond acceptors (Lipinski definition) is 2. The first kappa shape index (κ1) is 50.0. The Hall–Kier alpha value is -8.98. The Labute approximate surface area is 485 Å². The maximum atomic E-state index is 2.50. The number of hydrogen-bond donors (Lipinski definition) is 0. The molecule has 11 aromatic carbocycles. The van der Waals surface area contributed by atoms with Crippen LogP contribution >= 0.6 is 0 Å². The normalized spacial score (nSPS) is 15.3. The maximum Gasteiger partial charge on any atom is 0.0467 e. The van der Waals surface area contributed by atoms with E-state index < -0.39 is 0 Å². The highest BCUT2D eigenvalue weighted by atomic mass is 15.1. The SMILES string of the molecule is Cc1cc(-c2cccc(N(c3ccc4c(c3)C(C)(C)c3ccccc3-4)c3ccc4c(c3)C(C)(C)c3ccccc3-4)c2)c(C)cc1-c1cccc(N(c2ccc3c(c2)C(C)(C)c2ccccc2-3)c2ccc3c(c2)C(C)(C)c2ccccc2-3)c1. The van der Waals surface area contributed by atoms with Crippen LogP contribution in [0.15, 0.2) is 231 Å². The first-order chi connectivity index (χ1) is 39.5. The highest BCUT2D eigenvalue weighted by Gasteiger charge is 2.40. The molecule has 4 aliphatic rings. The molecule has 398 valence electrons. The summed E-state index contributed by atoms with van der Waals surface area (Å²) >= 11 is 0. The monoisotopic (exact) mass is 1060 g/mol. The molecule has 0 unspecified atom stereocenters. The molecule has 15 rings (SSSR count). The molecule has 0 saturated heterocycles.